The highest BCUT2D eigenvalue weighted by Gasteiger charge is 1.96. The second-order valence-electron chi connectivity index (χ2n) is 6.08. The number of H-pyrrole nitrogens is 1. The molecule has 0 radical (unpaired) electrons. The standard InChI is InChI=1S/2C10H8O2.C2H3N3/c2*11-9-3-1-7-2-4-10(12)6-8(7)5-9;1-3-2-5-4-1/h2*1-6,11-12H;1-2H,(H,3,4,5). The largest absolute Gasteiger partial charge is 0.508 e. The molecule has 1 heterocycles. The summed E-state index contributed by atoms with van der Waals surface area (Å²) in [6.45, 7) is 0. The topological polar surface area (TPSA) is 122 Å². The Morgan fingerprint density at radius 3 is 1.14 bits per heavy atom. The van der Waals surface area contributed by atoms with Crippen LogP contribution in [-0.2, 0) is 0 Å². The van der Waals surface area contributed by atoms with E-state index >= 15 is 0 Å². The number of phenols is 4. The fourth-order valence-electron chi connectivity index (χ4n) is 2.61. The second-order valence-corrected chi connectivity index (χ2v) is 6.08. The van der Waals surface area contributed by atoms with Crippen LogP contribution in [0.5, 0.6) is 23.0 Å². The van der Waals surface area contributed by atoms with E-state index in [0.717, 1.165) is 21.5 Å². The Morgan fingerprint density at radius 1 is 0.517 bits per heavy atom. The number of aromatic amines is 1. The van der Waals surface area contributed by atoms with Crippen molar-refractivity contribution in [1.82, 2.24) is 15.2 Å². The third-order valence-electron chi connectivity index (χ3n) is 3.95. The van der Waals surface area contributed by atoms with Crippen LogP contribution in [0.2, 0.25) is 0 Å². The number of rotatable bonds is 0. The molecule has 7 nitrogen and oxygen atoms in total. The normalized spacial score (nSPS) is 9.93. The Bertz CT molecular complexity index is 1030. The van der Waals surface area contributed by atoms with Gasteiger partial charge in [-0.25, -0.2) is 4.98 Å². The van der Waals surface area contributed by atoms with E-state index in [1.807, 2.05) is 24.3 Å². The van der Waals surface area contributed by atoms with Gasteiger partial charge in [-0.1, -0.05) is 24.3 Å². The van der Waals surface area contributed by atoms with Crippen molar-refractivity contribution in [2.45, 2.75) is 0 Å². The number of aromatic hydroxyl groups is 4. The van der Waals surface area contributed by atoms with Crippen molar-refractivity contribution in [3.05, 3.63) is 85.5 Å². The van der Waals surface area contributed by atoms with Gasteiger partial charge < -0.3 is 20.4 Å². The summed E-state index contributed by atoms with van der Waals surface area (Å²) in [7, 11) is 0. The minimum absolute atomic E-state index is 0.216. The van der Waals surface area contributed by atoms with Crippen LogP contribution in [0.4, 0.5) is 0 Å². The van der Waals surface area contributed by atoms with E-state index in [1.165, 1.54) is 12.7 Å². The van der Waals surface area contributed by atoms with Gasteiger partial charge in [-0.05, 0) is 70.1 Å². The molecule has 0 aliphatic heterocycles. The zero-order valence-corrected chi connectivity index (χ0v) is 15.3. The molecular formula is C22H19N3O4. The van der Waals surface area contributed by atoms with Gasteiger partial charge in [0.15, 0.2) is 0 Å². The zero-order valence-electron chi connectivity index (χ0n) is 15.3. The Hall–Kier alpha value is -4.26. The summed E-state index contributed by atoms with van der Waals surface area (Å²) in [4.78, 5) is 3.56. The average Bonchev–Trinajstić information content (AvgIpc) is 3.28. The molecule has 5 aromatic rings. The predicted octanol–water partition coefficient (Wildman–Crippen LogP) is 4.31. The highest BCUT2D eigenvalue weighted by Crippen LogP contribution is 2.24. The van der Waals surface area contributed by atoms with E-state index in [-0.39, 0.29) is 23.0 Å². The van der Waals surface area contributed by atoms with E-state index in [0.29, 0.717) is 0 Å². The quantitative estimate of drug-likeness (QED) is 0.269. The van der Waals surface area contributed by atoms with Gasteiger partial charge in [-0.15, -0.1) is 0 Å². The minimum atomic E-state index is 0.216. The van der Waals surface area contributed by atoms with Crippen LogP contribution in [0, 0.1) is 0 Å². The molecule has 146 valence electrons. The summed E-state index contributed by atoms with van der Waals surface area (Å²) in [6.07, 6.45) is 2.96. The molecule has 7 heteroatoms. The molecule has 5 rings (SSSR count). The van der Waals surface area contributed by atoms with E-state index in [2.05, 4.69) is 15.2 Å². The van der Waals surface area contributed by atoms with Crippen LogP contribution in [-0.4, -0.2) is 35.6 Å². The molecule has 0 aliphatic carbocycles. The molecule has 0 saturated carbocycles. The molecule has 0 amide bonds. The monoisotopic (exact) mass is 389 g/mol. The maximum absolute atomic E-state index is 9.14. The summed E-state index contributed by atoms with van der Waals surface area (Å²) >= 11 is 0. The summed E-state index contributed by atoms with van der Waals surface area (Å²) in [6, 6.07) is 20.2. The van der Waals surface area contributed by atoms with Crippen LogP contribution in [0.25, 0.3) is 21.5 Å². The molecule has 0 spiro atoms. The van der Waals surface area contributed by atoms with Crippen LogP contribution in [0.15, 0.2) is 85.5 Å². The van der Waals surface area contributed by atoms with E-state index in [1.54, 1.807) is 48.5 Å². The second kappa shape index (κ2) is 9.09. The lowest BCUT2D eigenvalue weighted by Gasteiger charge is -1.98. The molecule has 0 aliphatic rings. The Morgan fingerprint density at radius 2 is 0.897 bits per heavy atom. The fourth-order valence-corrected chi connectivity index (χ4v) is 2.61. The van der Waals surface area contributed by atoms with Gasteiger partial charge in [0.1, 0.15) is 35.7 Å². The highest BCUT2D eigenvalue weighted by atomic mass is 16.3. The lowest BCUT2D eigenvalue weighted by Crippen LogP contribution is -1.71. The van der Waals surface area contributed by atoms with Crippen LogP contribution in [0.1, 0.15) is 0 Å². The lowest BCUT2D eigenvalue weighted by atomic mass is 10.1. The van der Waals surface area contributed by atoms with Gasteiger partial charge in [-0.2, -0.15) is 5.10 Å². The number of benzene rings is 4. The van der Waals surface area contributed by atoms with E-state index in [9.17, 15) is 0 Å². The number of hydrogen-bond acceptors (Lipinski definition) is 6. The van der Waals surface area contributed by atoms with Gasteiger partial charge in [0, 0.05) is 0 Å². The molecule has 4 aromatic carbocycles. The Balaban J connectivity index is 0.000000135. The molecule has 29 heavy (non-hydrogen) atoms. The minimum Gasteiger partial charge on any atom is -0.508 e. The van der Waals surface area contributed by atoms with Gasteiger partial charge in [0.2, 0.25) is 0 Å². The Kier molecular flexibility index (Phi) is 6.12. The lowest BCUT2D eigenvalue weighted by molar-refractivity contribution is 0.473. The SMILES string of the molecule is Oc1ccc2ccc(O)cc2c1.Oc1ccc2ccc(O)cc2c1.c1nc[nH]n1. The van der Waals surface area contributed by atoms with Crippen molar-refractivity contribution in [2.24, 2.45) is 0 Å². The van der Waals surface area contributed by atoms with Crippen molar-refractivity contribution in [3.8, 4) is 23.0 Å². The summed E-state index contributed by atoms with van der Waals surface area (Å²) in [5.74, 6) is 0.863. The summed E-state index contributed by atoms with van der Waals surface area (Å²) in [5.41, 5.74) is 0. The summed E-state index contributed by atoms with van der Waals surface area (Å²) < 4.78 is 0. The molecule has 0 bridgehead atoms. The van der Waals surface area contributed by atoms with Crippen molar-refractivity contribution in [1.29, 1.82) is 0 Å². The van der Waals surface area contributed by atoms with Crippen molar-refractivity contribution in [3.63, 3.8) is 0 Å². The highest BCUT2D eigenvalue weighted by molar-refractivity contribution is 5.85. The van der Waals surface area contributed by atoms with Crippen LogP contribution in [0.3, 0.4) is 0 Å². The van der Waals surface area contributed by atoms with Gasteiger partial charge in [0.05, 0.1) is 0 Å². The van der Waals surface area contributed by atoms with Gasteiger partial charge in [-0.3, -0.25) is 5.10 Å². The molecule has 0 atom stereocenters. The number of nitrogens with one attached hydrogen (secondary N) is 1. The van der Waals surface area contributed by atoms with Crippen molar-refractivity contribution < 1.29 is 20.4 Å². The summed E-state index contributed by atoms with van der Waals surface area (Å²) in [5, 5.41) is 46.2. The Labute approximate surface area is 166 Å². The van der Waals surface area contributed by atoms with Gasteiger partial charge in [0.25, 0.3) is 0 Å². The number of fused-ring (bicyclic) bond motifs is 2. The predicted molar refractivity (Wildman–Crippen MR) is 111 cm³/mol. The third kappa shape index (κ3) is 5.61. The van der Waals surface area contributed by atoms with Crippen LogP contribution < -0.4 is 0 Å². The van der Waals surface area contributed by atoms with Crippen molar-refractivity contribution in [2.75, 3.05) is 0 Å². The maximum Gasteiger partial charge on any atom is 0.137 e. The molecule has 0 saturated heterocycles. The smallest absolute Gasteiger partial charge is 0.137 e. The number of phenolic OH excluding ortho intramolecular Hbond substituents is 4. The molecule has 5 N–H and O–H groups in total. The molecule has 0 fully saturated rings. The van der Waals surface area contributed by atoms with E-state index in [4.69, 9.17) is 20.4 Å². The number of nitrogens with zero attached hydrogens (tertiary/aromatic N) is 2. The first-order chi connectivity index (χ1) is 14.0. The first kappa shape index (κ1) is 19.5. The molecular weight excluding hydrogens is 370 g/mol. The number of hydrogen-bond donors (Lipinski definition) is 5. The zero-order chi connectivity index (χ0) is 20.6. The molecule has 0 unspecified atom stereocenters. The third-order valence-corrected chi connectivity index (χ3v) is 3.95. The molecule has 1 aromatic heterocycles. The average molecular weight is 389 g/mol. The fraction of sp³-hybridized carbons (Fsp3) is 0. The maximum atomic E-state index is 9.14. The van der Waals surface area contributed by atoms with Gasteiger partial charge >= 0.3 is 0 Å². The number of aromatic nitrogens is 3. The van der Waals surface area contributed by atoms with E-state index < -0.39 is 0 Å². The first-order valence-electron chi connectivity index (χ1n) is 8.63. The van der Waals surface area contributed by atoms with Crippen molar-refractivity contribution >= 4 is 21.5 Å². The van der Waals surface area contributed by atoms with Crippen LogP contribution >= 0.6 is 0 Å². The first-order valence-corrected chi connectivity index (χ1v) is 8.63.